The minimum absolute atomic E-state index is 0.216. The van der Waals surface area contributed by atoms with Crippen molar-refractivity contribution in [2.75, 3.05) is 49.7 Å². The maximum absolute atomic E-state index is 13.1. The Morgan fingerprint density at radius 3 is 2.28 bits per heavy atom. The van der Waals surface area contributed by atoms with Crippen molar-refractivity contribution in [3.05, 3.63) is 95.3 Å². The number of aromatic nitrogens is 4. The number of nitrogens with one attached hydrogen (secondary N) is 1. The van der Waals surface area contributed by atoms with Crippen molar-refractivity contribution in [1.82, 2.24) is 24.4 Å². The summed E-state index contributed by atoms with van der Waals surface area (Å²) in [6.45, 7) is 4.97. The van der Waals surface area contributed by atoms with Crippen LogP contribution in [0.1, 0.15) is 22.3 Å². The Kier molecular flexibility index (Phi) is 7.99. The molecule has 0 spiro atoms. The van der Waals surface area contributed by atoms with Gasteiger partial charge in [0.1, 0.15) is 5.75 Å². The molecule has 2 aliphatic heterocycles. The number of fused-ring (bicyclic) bond motifs is 2. The first-order chi connectivity index (χ1) is 22.3. The number of phenols is 1. The van der Waals surface area contributed by atoms with Crippen molar-refractivity contribution >= 4 is 22.9 Å². The van der Waals surface area contributed by atoms with Crippen molar-refractivity contribution in [3.63, 3.8) is 0 Å². The summed E-state index contributed by atoms with van der Waals surface area (Å²) in [4.78, 5) is 18.9. The standard InChI is InChI=1S/C33H32F3N7O3/c34-33(35,36)25-6-1-23(2-7-25)19-43-20-38-29-30(37-12-11-22-3-8-26(44)9-4-22)39-32(40-31(29)43)42-15-13-41(14-16-42)18-24-5-10-27-28(17-24)46-21-45-27/h1-10,17,20,44H,11-16,18-19,21H2,(H,37,39,40). The number of piperazine rings is 1. The van der Waals surface area contributed by atoms with Gasteiger partial charge in [-0.2, -0.15) is 23.1 Å². The molecule has 2 aliphatic rings. The SMILES string of the molecule is Oc1ccc(CCNc2nc(N3CCN(Cc4ccc5c(c4)OCO5)CC3)nc3c2ncn3Cc2ccc(C(F)(F)F)cc2)cc1. The fourth-order valence-corrected chi connectivity index (χ4v) is 5.70. The number of imidazole rings is 1. The lowest BCUT2D eigenvalue weighted by molar-refractivity contribution is -0.137. The molecule has 2 N–H and O–H groups in total. The van der Waals surface area contributed by atoms with E-state index < -0.39 is 11.7 Å². The lowest BCUT2D eigenvalue weighted by Crippen LogP contribution is -2.46. The summed E-state index contributed by atoms with van der Waals surface area (Å²) in [5.41, 5.74) is 3.41. The molecular formula is C33H32F3N7O3. The van der Waals surface area contributed by atoms with Crippen LogP contribution in [0, 0.1) is 0 Å². The van der Waals surface area contributed by atoms with Crippen molar-refractivity contribution in [2.24, 2.45) is 0 Å². The first-order valence-electron chi connectivity index (χ1n) is 15.1. The maximum atomic E-state index is 13.1. The molecule has 0 atom stereocenters. The highest BCUT2D eigenvalue weighted by molar-refractivity contribution is 5.84. The van der Waals surface area contributed by atoms with Crippen LogP contribution in [-0.4, -0.2) is 69.0 Å². The van der Waals surface area contributed by atoms with Gasteiger partial charge >= 0.3 is 6.18 Å². The average Bonchev–Trinajstić information content (AvgIpc) is 3.69. The third-order valence-corrected chi connectivity index (χ3v) is 8.23. The summed E-state index contributed by atoms with van der Waals surface area (Å²) in [6, 6.07) is 18.2. The number of hydrogen-bond donors (Lipinski definition) is 2. The third-order valence-electron chi connectivity index (χ3n) is 8.23. The lowest BCUT2D eigenvalue weighted by Gasteiger charge is -2.34. The molecule has 3 aromatic carbocycles. The molecule has 1 fully saturated rings. The molecule has 7 rings (SSSR count). The van der Waals surface area contributed by atoms with E-state index in [1.165, 1.54) is 12.1 Å². The number of nitrogens with zero attached hydrogens (tertiary/aromatic N) is 6. The van der Waals surface area contributed by atoms with Crippen molar-refractivity contribution in [2.45, 2.75) is 25.7 Å². The van der Waals surface area contributed by atoms with Crippen LogP contribution in [0.3, 0.4) is 0 Å². The Morgan fingerprint density at radius 2 is 1.52 bits per heavy atom. The van der Waals surface area contributed by atoms with E-state index in [4.69, 9.17) is 19.4 Å². The molecule has 4 heterocycles. The average molecular weight is 632 g/mol. The van der Waals surface area contributed by atoms with E-state index in [0.717, 1.165) is 67.5 Å². The largest absolute Gasteiger partial charge is 0.508 e. The second-order valence-corrected chi connectivity index (χ2v) is 11.4. The number of rotatable bonds is 9. The zero-order chi connectivity index (χ0) is 31.7. The van der Waals surface area contributed by atoms with E-state index in [0.29, 0.717) is 48.0 Å². The third kappa shape index (κ3) is 6.50. The van der Waals surface area contributed by atoms with E-state index >= 15 is 0 Å². The van der Waals surface area contributed by atoms with Gasteiger partial charge in [-0.25, -0.2) is 4.98 Å². The van der Waals surface area contributed by atoms with Crippen molar-refractivity contribution < 1.29 is 27.8 Å². The van der Waals surface area contributed by atoms with Crippen LogP contribution >= 0.6 is 0 Å². The van der Waals surface area contributed by atoms with Crippen LogP contribution in [0.15, 0.2) is 73.1 Å². The molecular weight excluding hydrogens is 599 g/mol. The Morgan fingerprint density at radius 1 is 0.804 bits per heavy atom. The van der Waals surface area contributed by atoms with Crippen molar-refractivity contribution in [3.8, 4) is 17.2 Å². The molecule has 0 amide bonds. The normalized spacial score (nSPS) is 15.1. The van der Waals surface area contributed by atoms with Crippen LogP contribution in [0.2, 0.25) is 0 Å². The Labute approximate surface area is 263 Å². The molecule has 0 saturated carbocycles. The lowest BCUT2D eigenvalue weighted by atomic mass is 10.1. The van der Waals surface area contributed by atoms with E-state index in [1.807, 2.05) is 28.8 Å². The molecule has 0 unspecified atom stereocenters. The Hall–Kier alpha value is -5.04. The number of halogens is 3. The van der Waals surface area contributed by atoms with Gasteiger partial charge in [0.15, 0.2) is 28.5 Å². The van der Waals surface area contributed by atoms with Crippen LogP contribution in [0.4, 0.5) is 24.9 Å². The van der Waals surface area contributed by atoms with E-state index in [1.54, 1.807) is 18.5 Å². The Bertz CT molecular complexity index is 1820. The van der Waals surface area contributed by atoms with Gasteiger partial charge in [-0.05, 0) is 59.5 Å². The van der Waals surface area contributed by atoms with Gasteiger partial charge in [0.05, 0.1) is 18.4 Å². The number of hydrogen-bond acceptors (Lipinski definition) is 9. The molecule has 5 aromatic rings. The quantitative estimate of drug-likeness (QED) is 0.224. The van der Waals surface area contributed by atoms with Crippen molar-refractivity contribution in [1.29, 1.82) is 0 Å². The monoisotopic (exact) mass is 631 g/mol. The topological polar surface area (TPSA) is 101 Å². The summed E-state index contributed by atoms with van der Waals surface area (Å²) in [5, 5.41) is 13.0. The molecule has 0 aliphatic carbocycles. The molecule has 10 nitrogen and oxygen atoms in total. The molecule has 0 bridgehead atoms. The van der Waals surface area contributed by atoms with Gasteiger partial charge < -0.3 is 29.4 Å². The fraction of sp³-hybridized carbons (Fsp3) is 0.303. The predicted octanol–water partition coefficient (Wildman–Crippen LogP) is 5.30. The van der Waals surface area contributed by atoms with Gasteiger partial charge in [0.2, 0.25) is 12.7 Å². The van der Waals surface area contributed by atoms with Gasteiger partial charge in [-0.15, -0.1) is 0 Å². The summed E-state index contributed by atoms with van der Waals surface area (Å²) in [5.74, 6) is 2.92. The Balaban J connectivity index is 1.10. The number of ether oxygens (including phenoxy) is 2. The summed E-state index contributed by atoms with van der Waals surface area (Å²) >= 11 is 0. The first-order valence-corrected chi connectivity index (χ1v) is 15.1. The molecule has 1 saturated heterocycles. The van der Waals surface area contributed by atoms with Gasteiger partial charge in [0.25, 0.3) is 0 Å². The van der Waals surface area contributed by atoms with Gasteiger partial charge in [-0.3, -0.25) is 4.90 Å². The molecule has 13 heteroatoms. The summed E-state index contributed by atoms with van der Waals surface area (Å²) in [7, 11) is 0. The highest BCUT2D eigenvalue weighted by Crippen LogP contribution is 2.33. The number of benzene rings is 3. The fourth-order valence-electron chi connectivity index (χ4n) is 5.70. The van der Waals surface area contributed by atoms with Crippen LogP contribution < -0.4 is 19.7 Å². The highest BCUT2D eigenvalue weighted by atomic mass is 19.4. The predicted molar refractivity (Wildman–Crippen MR) is 166 cm³/mol. The first kappa shape index (κ1) is 29.7. The van der Waals surface area contributed by atoms with E-state index in [2.05, 4.69) is 26.2 Å². The maximum Gasteiger partial charge on any atom is 0.416 e. The molecule has 2 aromatic heterocycles. The van der Waals surface area contributed by atoms with Crippen LogP contribution in [0.5, 0.6) is 17.2 Å². The zero-order valence-corrected chi connectivity index (χ0v) is 24.9. The minimum Gasteiger partial charge on any atom is -0.508 e. The second kappa shape index (κ2) is 12.4. The number of aromatic hydroxyl groups is 1. The van der Waals surface area contributed by atoms with E-state index in [9.17, 15) is 18.3 Å². The highest BCUT2D eigenvalue weighted by Gasteiger charge is 2.30. The van der Waals surface area contributed by atoms with Gasteiger partial charge in [-0.1, -0.05) is 30.3 Å². The van der Waals surface area contributed by atoms with Gasteiger partial charge in [0, 0.05) is 39.3 Å². The van der Waals surface area contributed by atoms with Crippen LogP contribution in [-0.2, 0) is 25.7 Å². The smallest absolute Gasteiger partial charge is 0.416 e. The molecule has 46 heavy (non-hydrogen) atoms. The summed E-state index contributed by atoms with van der Waals surface area (Å²) in [6.07, 6.45) is -2.04. The minimum atomic E-state index is -4.39. The molecule has 0 radical (unpaired) electrons. The van der Waals surface area contributed by atoms with E-state index in [-0.39, 0.29) is 12.5 Å². The number of anilines is 2. The number of alkyl halides is 3. The van der Waals surface area contributed by atoms with Crippen LogP contribution in [0.25, 0.3) is 11.2 Å². The summed E-state index contributed by atoms with van der Waals surface area (Å²) < 4.78 is 52.1. The second-order valence-electron chi connectivity index (χ2n) is 11.4. The molecule has 238 valence electrons. The number of phenolic OH excluding ortho intramolecular Hbond substituents is 1. The zero-order valence-electron chi connectivity index (χ0n) is 24.9.